The summed E-state index contributed by atoms with van der Waals surface area (Å²) in [6, 6.07) is 0. The number of thiophene rings is 1. The topological polar surface area (TPSA) is 61.4 Å². The van der Waals surface area contributed by atoms with Gasteiger partial charge in [0, 0.05) is 37.6 Å². The molecule has 1 saturated heterocycles. The summed E-state index contributed by atoms with van der Waals surface area (Å²) in [6.07, 6.45) is 5.76. The molecule has 27 heavy (non-hydrogen) atoms. The molecule has 1 aliphatic heterocycles. The van der Waals surface area contributed by atoms with Crippen molar-refractivity contribution in [1.82, 2.24) is 20.2 Å². The van der Waals surface area contributed by atoms with Crippen molar-refractivity contribution in [3.63, 3.8) is 0 Å². The normalized spacial score (nSPS) is 17.5. The molecule has 1 amide bonds. The summed E-state index contributed by atoms with van der Waals surface area (Å²) in [7, 11) is 0. The van der Waals surface area contributed by atoms with E-state index in [0.29, 0.717) is 6.54 Å². The Morgan fingerprint density at radius 2 is 2.00 bits per heavy atom. The second-order valence-electron chi connectivity index (χ2n) is 7.60. The van der Waals surface area contributed by atoms with Crippen LogP contribution in [0.1, 0.15) is 42.5 Å². The average molecular weight is 388 g/mol. The molecule has 4 rings (SSSR count). The second-order valence-corrected chi connectivity index (χ2v) is 8.68. The smallest absolute Gasteiger partial charge is 0.234 e. The maximum absolute atomic E-state index is 12.1. The molecule has 0 unspecified atom stereocenters. The molecule has 1 aliphatic carbocycles. The Morgan fingerprint density at radius 3 is 2.78 bits per heavy atom. The Bertz CT molecular complexity index is 825. The van der Waals surface area contributed by atoms with Crippen molar-refractivity contribution in [2.75, 3.05) is 44.2 Å². The Labute approximate surface area is 165 Å². The monoisotopic (exact) mass is 387 g/mol. The fourth-order valence-electron chi connectivity index (χ4n) is 4.09. The van der Waals surface area contributed by atoms with Gasteiger partial charge in [-0.2, -0.15) is 0 Å². The van der Waals surface area contributed by atoms with Gasteiger partial charge < -0.3 is 10.2 Å². The van der Waals surface area contributed by atoms with E-state index in [0.717, 1.165) is 68.5 Å². The maximum Gasteiger partial charge on any atom is 0.234 e. The fourth-order valence-corrected chi connectivity index (χ4v) is 5.39. The molecular formula is C20H29N5OS. The molecule has 0 atom stereocenters. The SMILES string of the molecule is CCCCNC(=O)CN1CCN(c2nc(C)nc3sc4c(c23)CCC4)CC1. The summed E-state index contributed by atoms with van der Waals surface area (Å²) >= 11 is 1.86. The molecular weight excluding hydrogens is 358 g/mol. The van der Waals surface area contributed by atoms with Crippen molar-refractivity contribution in [3.05, 3.63) is 16.3 Å². The van der Waals surface area contributed by atoms with E-state index in [4.69, 9.17) is 9.97 Å². The van der Waals surface area contributed by atoms with E-state index in [9.17, 15) is 4.79 Å². The van der Waals surface area contributed by atoms with Crippen LogP contribution >= 0.6 is 11.3 Å². The van der Waals surface area contributed by atoms with Crippen molar-refractivity contribution in [2.24, 2.45) is 0 Å². The minimum atomic E-state index is 0.146. The van der Waals surface area contributed by atoms with Crippen LogP contribution in [0.4, 0.5) is 5.82 Å². The third-order valence-electron chi connectivity index (χ3n) is 5.55. The van der Waals surface area contributed by atoms with E-state index in [2.05, 4.69) is 22.0 Å². The zero-order chi connectivity index (χ0) is 18.8. The molecule has 0 bridgehead atoms. The number of fused-ring (bicyclic) bond motifs is 3. The summed E-state index contributed by atoms with van der Waals surface area (Å²) in [6.45, 7) is 9.05. The molecule has 3 heterocycles. The van der Waals surface area contributed by atoms with Gasteiger partial charge in [-0.3, -0.25) is 9.69 Å². The van der Waals surface area contributed by atoms with Gasteiger partial charge in [-0.1, -0.05) is 13.3 Å². The van der Waals surface area contributed by atoms with Crippen molar-refractivity contribution in [3.8, 4) is 0 Å². The minimum absolute atomic E-state index is 0.146. The Balaban J connectivity index is 1.43. The van der Waals surface area contributed by atoms with Crippen LogP contribution in [0, 0.1) is 6.92 Å². The number of unbranched alkanes of at least 4 members (excludes halogenated alkanes) is 1. The van der Waals surface area contributed by atoms with Crippen LogP contribution in [0.15, 0.2) is 0 Å². The lowest BCUT2D eigenvalue weighted by Gasteiger charge is -2.35. The van der Waals surface area contributed by atoms with E-state index >= 15 is 0 Å². The fraction of sp³-hybridized carbons (Fsp3) is 0.650. The van der Waals surface area contributed by atoms with Crippen LogP contribution in [-0.2, 0) is 17.6 Å². The molecule has 0 spiro atoms. The van der Waals surface area contributed by atoms with Gasteiger partial charge in [-0.15, -0.1) is 11.3 Å². The molecule has 0 aromatic carbocycles. The van der Waals surface area contributed by atoms with Crippen LogP contribution in [0.5, 0.6) is 0 Å². The lowest BCUT2D eigenvalue weighted by molar-refractivity contribution is -0.122. The predicted octanol–water partition coefficient (Wildman–Crippen LogP) is 2.53. The lowest BCUT2D eigenvalue weighted by Crippen LogP contribution is -2.49. The molecule has 1 fully saturated rings. The summed E-state index contributed by atoms with van der Waals surface area (Å²) in [5.41, 5.74) is 1.49. The number of nitrogens with one attached hydrogen (secondary N) is 1. The van der Waals surface area contributed by atoms with Crippen LogP contribution in [-0.4, -0.2) is 60.0 Å². The Hall–Kier alpha value is -1.73. The highest BCUT2D eigenvalue weighted by Gasteiger charge is 2.26. The summed E-state index contributed by atoms with van der Waals surface area (Å²) < 4.78 is 0. The summed E-state index contributed by atoms with van der Waals surface area (Å²) in [5, 5.41) is 4.31. The largest absolute Gasteiger partial charge is 0.355 e. The van der Waals surface area contributed by atoms with Gasteiger partial charge in [0.2, 0.25) is 5.91 Å². The number of carbonyl (C=O) groups excluding carboxylic acids is 1. The number of hydrogen-bond donors (Lipinski definition) is 1. The van der Waals surface area contributed by atoms with Gasteiger partial charge >= 0.3 is 0 Å². The van der Waals surface area contributed by atoms with Crippen molar-refractivity contribution >= 4 is 33.3 Å². The number of nitrogens with zero attached hydrogens (tertiary/aromatic N) is 4. The maximum atomic E-state index is 12.1. The highest BCUT2D eigenvalue weighted by Crippen LogP contribution is 2.40. The van der Waals surface area contributed by atoms with E-state index in [1.54, 1.807) is 0 Å². The molecule has 2 aliphatic rings. The zero-order valence-electron chi connectivity index (χ0n) is 16.4. The second kappa shape index (κ2) is 8.10. The number of aryl methyl sites for hydroxylation is 3. The first kappa shape index (κ1) is 18.6. The Kier molecular flexibility index (Phi) is 5.59. The third kappa shape index (κ3) is 3.94. The molecule has 2 aromatic heterocycles. The first-order valence-corrected chi connectivity index (χ1v) is 11.0. The van der Waals surface area contributed by atoms with Crippen LogP contribution in [0.3, 0.4) is 0 Å². The number of amides is 1. The number of rotatable bonds is 6. The number of aromatic nitrogens is 2. The van der Waals surface area contributed by atoms with E-state index in [1.807, 2.05) is 18.3 Å². The summed E-state index contributed by atoms with van der Waals surface area (Å²) in [4.78, 5) is 28.9. The van der Waals surface area contributed by atoms with Gasteiger partial charge in [0.1, 0.15) is 16.5 Å². The molecule has 0 radical (unpaired) electrons. The number of piperazine rings is 1. The van der Waals surface area contributed by atoms with Crippen molar-refractivity contribution in [1.29, 1.82) is 0 Å². The molecule has 146 valence electrons. The number of carbonyl (C=O) groups is 1. The van der Waals surface area contributed by atoms with Crippen LogP contribution < -0.4 is 10.2 Å². The molecule has 2 aromatic rings. The molecule has 7 heteroatoms. The number of anilines is 1. The zero-order valence-corrected chi connectivity index (χ0v) is 17.2. The van der Waals surface area contributed by atoms with Gasteiger partial charge in [-0.25, -0.2) is 9.97 Å². The van der Waals surface area contributed by atoms with Gasteiger partial charge in [0.15, 0.2) is 0 Å². The van der Waals surface area contributed by atoms with Crippen LogP contribution in [0.2, 0.25) is 0 Å². The van der Waals surface area contributed by atoms with Gasteiger partial charge in [0.25, 0.3) is 0 Å². The van der Waals surface area contributed by atoms with E-state index in [1.165, 1.54) is 28.7 Å². The molecule has 1 N–H and O–H groups in total. The van der Waals surface area contributed by atoms with Crippen molar-refractivity contribution < 1.29 is 4.79 Å². The average Bonchev–Trinajstić information content (AvgIpc) is 3.22. The van der Waals surface area contributed by atoms with Crippen LogP contribution in [0.25, 0.3) is 10.2 Å². The lowest BCUT2D eigenvalue weighted by atomic mass is 10.1. The van der Waals surface area contributed by atoms with Gasteiger partial charge in [0.05, 0.1) is 11.9 Å². The predicted molar refractivity (Wildman–Crippen MR) is 111 cm³/mol. The highest BCUT2D eigenvalue weighted by atomic mass is 32.1. The highest BCUT2D eigenvalue weighted by molar-refractivity contribution is 7.19. The standard InChI is InChI=1S/C20H29N5OS/c1-3-4-8-21-17(26)13-24-9-11-25(12-10-24)19-18-15-6-5-7-16(15)27-20(18)23-14(2)22-19/h3-13H2,1-2H3,(H,21,26). The first-order valence-electron chi connectivity index (χ1n) is 10.2. The molecule has 0 saturated carbocycles. The Morgan fingerprint density at radius 1 is 1.19 bits per heavy atom. The summed E-state index contributed by atoms with van der Waals surface area (Å²) in [5.74, 6) is 2.12. The molecule has 6 nitrogen and oxygen atoms in total. The van der Waals surface area contributed by atoms with E-state index in [-0.39, 0.29) is 5.91 Å². The first-order chi connectivity index (χ1) is 13.2. The quantitative estimate of drug-likeness (QED) is 0.772. The van der Waals surface area contributed by atoms with E-state index < -0.39 is 0 Å². The minimum Gasteiger partial charge on any atom is -0.355 e. The van der Waals surface area contributed by atoms with Gasteiger partial charge in [-0.05, 0) is 38.2 Å². The number of hydrogen-bond acceptors (Lipinski definition) is 6. The van der Waals surface area contributed by atoms with Crippen molar-refractivity contribution in [2.45, 2.75) is 46.0 Å². The third-order valence-corrected chi connectivity index (χ3v) is 6.73.